The lowest BCUT2D eigenvalue weighted by molar-refractivity contribution is -0.274. The summed E-state index contributed by atoms with van der Waals surface area (Å²) in [6, 6.07) is 3.96. The first kappa shape index (κ1) is 22.6. The number of aryl methyl sites for hydroxylation is 1. The monoisotopic (exact) mass is 438 g/mol. The fourth-order valence-electron chi connectivity index (χ4n) is 3.00. The van der Waals surface area contributed by atoms with Gasteiger partial charge in [0.05, 0.1) is 11.0 Å². The standard InChI is InChI=1S/C20H25F3N6O2/c1-12-27-28-17-16(24-9-5-6-10-25-18(30)19(2,3)4)26-14-11-13(31-20(21,22)23)7-8-15(14)29(12)17/h7-8,11H,5-6,9-10H2,1-4H3,(H,24,26)(H,25,30). The summed E-state index contributed by atoms with van der Waals surface area (Å²) in [7, 11) is 0. The van der Waals surface area contributed by atoms with E-state index in [1.165, 1.54) is 18.2 Å². The number of hydrogen-bond donors (Lipinski definition) is 2. The molecule has 168 valence electrons. The summed E-state index contributed by atoms with van der Waals surface area (Å²) >= 11 is 0. The number of carbonyl (C=O) groups is 1. The summed E-state index contributed by atoms with van der Waals surface area (Å²) in [5, 5.41) is 14.3. The van der Waals surface area contributed by atoms with Gasteiger partial charge in [-0.2, -0.15) is 0 Å². The molecule has 0 unspecified atom stereocenters. The van der Waals surface area contributed by atoms with Crippen LogP contribution < -0.4 is 15.4 Å². The van der Waals surface area contributed by atoms with E-state index in [4.69, 9.17) is 0 Å². The zero-order chi connectivity index (χ0) is 22.8. The van der Waals surface area contributed by atoms with Crippen molar-refractivity contribution in [2.45, 2.75) is 46.9 Å². The van der Waals surface area contributed by atoms with E-state index >= 15 is 0 Å². The number of rotatable bonds is 7. The predicted octanol–water partition coefficient (Wildman–Crippen LogP) is 3.84. The Morgan fingerprint density at radius 3 is 2.52 bits per heavy atom. The molecular formula is C20H25F3N6O2. The van der Waals surface area contributed by atoms with Gasteiger partial charge in [0.2, 0.25) is 11.6 Å². The minimum absolute atomic E-state index is 0.00539. The molecule has 1 amide bonds. The molecule has 0 saturated carbocycles. The molecular weight excluding hydrogens is 413 g/mol. The molecule has 11 heteroatoms. The number of alkyl halides is 3. The second-order valence-electron chi connectivity index (χ2n) is 8.20. The molecule has 0 saturated heterocycles. The van der Waals surface area contributed by atoms with Crippen molar-refractivity contribution < 1.29 is 22.7 Å². The Bertz CT molecular complexity index is 1090. The summed E-state index contributed by atoms with van der Waals surface area (Å²) in [6.07, 6.45) is -3.28. The Hall–Kier alpha value is -3.11. The third-order valence-corrected chi connectivity index (χ3v) is 4.55. The first-order chi connectivity index (χ1) is 14.5. The highest BCUT2D eigenvalue weighted by atomic mass is 19.4. The lowest BCUT2D eigenvalue weighted by Crippen LogP contribution is -2.35. The molecule has 8 nitrogen and oxygen atoms in total. The highest BCUT2D eigenvalue weighted by Gasteiger charge is 2.31. The Balaban J connectivity index is 1.72. The molecule has 31 heavy (non-hydrogen) atoms. The molecule has 0 spiro atoms. The minimum Gasteiger partial charge on any atom is -0.406 e. The number of nitrogens with one attached hydrogen (secondary N) is 2. The number of nitrogens with zero attached hydrogens (tertiary/aromatic N) is 4. The first-order valence-corrected chi connectivity index (χ1v) is 9.89. The number of unbranched alkanes of at least 4 members (excludes halogenated alkanes) is 1. The second-order valence-corrected chi connectivity index (χ2v) is 8.20. The van der Waals surface area contributed by atoms with Crippen LogP contribution in [-0.2, 0) is 4.79 Å². The number of anilines is 1. The summed E-state index contributed by atoms with van der Waals surface area (Å²) < 4.78 is 43.4. The molecule has 0 radical (unpaired) electrons. The smallest absolute Gasteiger partial charge is 0.406 e. The van der Waals surface area contributed by atoms with E-state index in [0.29, 0.717) is 41.4 Å². The van der Waals surface area contributed by atoms with Gasteiger partial charge in [-0.3, -0.25) is 9.20 Å². The van der Waals surface area contributed by atoms with Gasteiger partial charge in [-0.15, -0.1) is 23.4 Å². The molecule has 0 atom stereocenters. The highest BCUT2D eigenvalue weighted by molar-refractivity contribution is 5.84. The lowest BCUT2D eigenvalue weighted by Gasteiger charge is -2.17. The molecule has 1 aromatic carbocycles. The van der Waals surface area contributed by atoms with E-state index < -0.39 is 11.8 Å². The molecule has 2 aromatic heterocycles. The van der Waals surface area contributed by atoms with E-state index in [9.17, 15) is 18.0 Å². The summed E-state index contributed by atoms with van der Waals surface area (Å²) in [4.78, 5) is 16.3. The summed E-state index contributed by atoms with van der Waals surface area (Å²) in [5.74, 6) is 0.642. The maximum atomic E-state index is 12.6. The number of amides is 1. The minimum atomic E-state index is -4.78. The summed E-state index contributed by atoms with van der Waals surface area (Å²) in [6.45, 7) is 8.41. The molecule has 0 aliphatic heterocycles. The topological polar surface area (TPSA) is 93.4 Å². The molecule has 0 aliphatic rings. The normalized spacial score (nSPS) is 12.4. The number of carbonyl (C=O) groups excluding carboxylic acids is 1. The average molecular weight is 438 g/mol. The third kappa shape index (κ3) is 5.53. The highest BCUT2D eigenvalue weighted by Crippen LogP contribution is 2.28. The number of ether oxygens (including phenoxy) is 1. The number of benzene rings is 1. The van der Waals surface area contributed by atoms with Gasteiger partial charge in [-0.1, -0.05) is 20.8 Å². The molecule has 2 heterocycles. The maximum Gasteiger partial charge on any atom is 0.573 e. The van der Waals surface area contributed by atoms with Crippen molar-refractivity contribution in [1.82, 2.24) is 24.9 Å². The Morgan fingerprint density at radius 1 is 1.13 bits per heavy atom. The van der Waals surface area contributed by atoms with Crippen molar-refractivity contribution in [3.05, 3.63) is 24.0 Å². The van der Waals surface area contributed by atoms with Gasteiger partial charge in [0.25, 0.3) is 0 Å². The first-order valence-electron chi connectivity index (χ1n) is 9.89. The average Bonchev–Trinajstić information content (AvgIpc) is 3.04. The molecule has 0 bridgehead atoms. The molecule has 3 rings (SSSR count). The Labute approximate surface area is 177 Å². The fraction of sp³-hybridized carbons (Fsp3) is 0.500. The third-order valence-electron chi connectivity index (χ3n) is 4.55. The van der Waals surface area contributed by atoms with Crippen molar-refractivity contribution in [1.29, 1.82) is 0 Å². The zero-order valence-electron chi connectivity index (χ0n) is 17.8. The van der Waals surface area contributed by atoms with Crippen molar-refractivity contribution in [2.24, 2.45) is 5.41 Å². The van der Waals surface area contributed by atoms with E-state index in [1.807, 2.05) is 20.8 Å². The van der Waals surface area contributed by atoms with Gasteiger partial charge in [-0.05, 0) is 31.9 Å². The van der Waals surface area contributed by atoms with Gasteiger partial charge in [-0.25, -0.2) is 4.98 Å². The van der Waals surface area contributed by atoms with Crippen LogP contribution in [0.4, 0.5) is 19.0 Å². The van der Waals surface area contributed by atoms with Crippen LogP contribution in [0.3, 0.4) is 0 Å². The van der Waals surface area contributed by atoms with Crippen LogP contribution in [0, 0.1) is 12.3 Å². The Kier molecular flexibility index (Phi) is 6.23. The van der Waals surface area contributed by atoms with E-state index in [-0.39, 0.29) is 11.7 Å². The molecule has 2 N–H and O–H groups in total. The number of halogens is 3. The molecule has 0 aliphatic carbocycles. The van der Waals surface area contributed by atoms with Crippen LogP contribution >= 0.6 is 0 Å². The number of aromatic nitrogens is 4. The van der Waals surface area contributed by atoms with Crippen LogP contribution in [-0.4, -0.2) is 44.9 Å². The van der Waals surface area contributed by atoms with Gasteiger partial charge in [0.1, 0.15) is 11.6 Å². The van der Waals surface area contributed by atoms with E-state index in [1.54, 1.807) is 11.3 Å². The summed E-state index contributed by atoms with van der Waals surface area (Å²) in [5.41, 5.74) is 0.939. The predicted molar refractivity (Wildman–Crippen MR) is 110 cm³/mol. The fourth-order valence-corrected chi connectivity index (χ4v) is 3.00. The van der Waals surface area contributed by atoms with Crippen molar-refractivity contribution >= 4 is 28.4 Å². The second kappa shape index (κ2) is 8.56. The molecule has 3 aromatic rings. The zero-order valence-corrected chi connectivity index (χ0v) is 17.8. The lowest BCUT2D eigenvalue weighted by atomic mass is 9.96. The Morgan fingerprint density at radius 2 is 1.84 bits per heavy atom. The van der Waals surface area contributed by atoms with Crippen LogP contribution in [0.25, 0.3) is 16.7 Å². The van der Waals surface area contributed by atoms with Crippen LogP contribution in [0.5, 0.6) is 5.75 Å². The van der Waals surface area contributed by atoms with E-state index in [2.05, 4.69) is 30.6 Å². The van der Waals surface area contributed by atoms with Crippen LogP contribution in [0.2, 0.25) is 0 Å². The van der Waals surface area contributed by atoms with Crippen LogP contribution in [0.1, 0.15) is 39.4 Å². The van der Waals surface area contributed by atoms with Gasteiger partial charge >= 0.3 is 6.36 Å². The number of fused-ring (bicyclic) bond motifs is 3. The van der Waals surface area contributed by atoms with Crippen LogP contribution in [0.15, 0.2) is 18.2 Å². The molecule has 0 fully saturated rings. The van der Waals surface area contributed by atoms with E-state index in [0.717, 1.165) is 12.8 Å². The quantitative estimate of drug-likeness (QED) is 0.545. The van der Waals surface area contributed by atoms with Gasteiger partial charge < -0.3 is 15.4 Å². The van der Waals surface area contributed by atoms with Gasteiger partial charge in [0.15, 0.2) is 5.82 Å². The van der Waals surface area contributed by atoms with Crippen molar-refractivity contribution in [2.75, 3.05) is 18.4 Å². The van der Waals surface area contributed by atoms with Gasteiger partial charge in [0, 0.05) is 24.6 Å². The maximum absolute atomic E-state index is 12.6. The SMILES string of the molecule is Cc1nnc2c(NCCCCNC(=O)C(C)(C)C)nc3cc(OC(F)(F)F)ccc3n12. The van der Waals surface area contributed by atoms with Crippen molar-refractivity contribution in [3.8, 4) is 5.75 Å². The number of hydrogen-bond acceptors (Lipinski definition) is 6. The largest absolute Gasteiger partial charge is 0.573 e. The van der Waals surface area contributed by atoms with Crippen molar-refractivity contribution in [3.63, 3.8) is 0 Å².